The zero-order valence-electron chi connectivity index (χ0n) is 14.5. The minimum Gasteiger partial charge on any atom is -0.448 e. The average Bonchev–Trinajstić information content (AvgIpc) is 3.00. The van der Waals surface area contributed by atoms with Gasteiger partial charge >= 0.3 is 6.09 Å². The van der Waals surface area contributed by atoms with Gasteiger partial charge in [-0.3, -0.25) is 5.32 Å². The summed E-state index contributed by atoms with van der Waals surface area (Å²) in [6.45, 7) is 0.0328. The largest absolute Gasteiger partial charge is 0.448 e. The number of anilines is 1. The lowest BCUT2D eigenvalue weighted by atomic mass is 9.98. The van der Waals surface area contributed by atoms with Crippen LogP contribution in [0.3, 0.4) is 0 Å². The fourth-order valence-electron chi connectivity index (χ4n) is 3.55. The summed E-state index contributed by atoms with van der Waals surface area (Å²) in [6, 6.07) is 21.3. The first-order chi connectivity index (χ1) is 13.2. The summed E-state index contributed by atoms with van der Waals surface area (Å²) >= 11 is 5.98. The molecule has 0 saturated heterocycles. The molecular formula is C22H18ClNO3. The highest BCUT2D eigenvalue weighted by Crippen LogP contribution is 2.44. The molecule has 0 aromatic heterocycles. The van der Waals surface area contributed by atoms with Gasteiger partial charge in [0.2, 0.25) is 0 Å². The van der Waals surface area contributed by atoms with Gasteiger partial charge in [-0.1, -0.05) is 66.2 Å². The molecule has 0 saturated carbocycles. The molecule has 0 spiro atoms. The Morgan fingerprint density at radius 3 is 2.26 bits per heavy atom. The number of ether oxygens (including phenoxy) is 1. The number of aliphatic hydroxyl groups is 1. The number of halogens is 1. The topological polar surface area (TPSA) is 58.6 Å². The SMILES string of the molecule is O=C(Nc1cc(Cl)ccc1CO)OCC1c2ccccc2-c2ccccc21. The molecule has 0 aliphatic heterocycles. The summed E-state index contributed by atoms with van der Waals surface area (Å²) in [6.07, 6.45) is -0.575. The molecule has 0 heterocycles. The van der Waals surface area contributed by atoms with Crippen molar-refractivity contribution in [3.8, 4) is 11.1 Å². The zero-order valence-corrected chi connectivity index (χ0v) is 15.2. The lowest BCUT2D eigenvalue weighted by Crippen LogP contribution is -2.18. The van der Waals surface area contributed by atoms with E-state index in [1.807, 2.05) is 24.3 Å². The van der Waals surface area contributed by atoms with Gasteiger partial charge in [0.25, 0.3) is 0 Å². The lowest BCUT2D eigenvalue weighted by Gasteiger charge is -2.15. The maximum absolute atomic E-state index is 12.3. The van der Waals surface area contributed by atoms with Crippen LogP contribution in [0.2, 0.25) is 5.02 Å². The van der Waals surface area contributed by atoms with Crippen LogP contribution in [0.5, 0.6) is 0 Å². The summed E-state index contributed by atoms with van der Waals surface area (Å²) in [5.41, 5.74) is 5.70. The number of benzene rings is 3. The van der Waals surface area contributed by atoms with Gasteiger partial charge < -0.3 is 9.84 Å². The number of carbonyl (C=O) groups excluding carboxylic acids is 1. The standard InChI is InChI=1S/C22H18ClNO3/c23-15-10-9-14(12-25)21(11-15)24-22(26)27-13-20-18-7-3-1-5-16(18)17-6-2-4-8-19(17)20/h1-11,20,25H,12-13H2,(H,24,26). The first-order valence-electron chi connectivity index (χ1n) is 8.68. The first kappa shape index (κ1) is 17.6. The van der Waals surface area contributed by atoms with E-state index in [2.05, 4.69) is 29.6 Å². The van der Waals surface area contributed by atoms with Crippen molar-refractivity contribution in [2.24, 2.45) is 0 Å². The van der Waals surface area contributed by atoms with Crippen LogP contribution in [0.1, 0.15) is 22.6 Å². The van der Waals surface area contributed by atoms with Crippen LogP contribution >= 0.6 is 11.6 Å². The van der Waals surface area contributed by atoms with Crippen molar-refractivity contribution in [3.63, 3.8) is 0 Å². The van der Waals surface area contributed by atoms with Gasteiger partial charge in [0.15, 0.2) is 0 Å². The molecule has 0 radical (unpaired) electrons. The van der Waals surface area contributed by atoms with E-state index in [1.165, 1.54) is 11.1 Å². The van der Waals surface area contributed by atoms with E-state index in [1.54, 1.807) is 18.2 Å². The molecule has 2 N–H and O–H groups in total. The summed E-state index contributed by atoms with van der Waals surface area (Å²) in [4.78, 5) is 12.3. The number of carbonyl (C=O) groups is 1. The second-order valence-corrected chi connectivity index (χ2v) is 6.85. The van der Waals surface area contributed by atoms with E-state index in [0.717, 1.165) is 11.1 Å². The fraction of sp³-hybridized carbons (Fsp3) is 0.136. The molecule has 1 aliphatic rings. The number of aliphatic hydroxyl groups excluding tert-OH is 1. The monoisotopic (exact) mass is 379 g/mol. The first-order valence-corrected chi connectivity index (χ1v) is 9.06. The van der Waals surface area contributed by atoms with E-state index in [-0.39, 0.29) is 19.1 Å². The van der Waals surface area contributed by atoms with E-state index in [4.69, 9.17) is 16.3 Å². The number of rotatable bonds is 4. The number of amides is 1. The number of hydrogen-bond donors (Lipinski definition) is 2. The Balaban J connectivity index is 1.51. The Labute approximate surface area is 162 Å². The van der Waals surface area contributed by atoms with E-state index in [0.29, 0.717) is 16.3 Å². The van der Waals surface area contributed by atoms with Crippen LogP contribution in [-0.2, 0) is 11.3 Å². The van der Waals surface area contributed by atoms with Crippen molar-refractivity contribution in [1.82, 2.24) is 0 Å². The third-order valence-corrected chi connectivity index (χ3v) is 5.06. The molecule has 1 amide bonds. The second kappa shape index (κ2) is 7.43. The fourth-order valence-corrected chi connectivity index (χ4v) is 3.72. The Kier molecular flexibility index (Phi) is 4.84. The number of fused-ring (bicyclic) bond motifs is 3. The van der Waals surface area contributed by atoms with Crippen molar-refractivity contribution in [1.29, 1.82) is 0 Å². The van der Waals surface area contributed by atoms with Crippen molar-refractivity contribution in [3.05, 3.63) is 88.4 Å². The average molecular weight is 380 g/mol. The van der Waals surface area contributed by atoms with Crippen LogP contribution in [-0.4, -0.2) is 17.8 Å². The van der Waals surface area contributed by atoms with E-state index >= 15 is 0 Å². The molecule has 0 fully saturated rings. The van der Waals surface area contributed by atoms with Gasteiger partial charge in [0.05, 0.1) is 12.3 Å². The van der Waals surface area contributed by atoms with Crippen LogP contribution in [0.15, 0.2) is 66.7 Å². The van der Waals surface area contributed by atoms with Crippen molar-refractivity contribution in [2.75, 3.05) is 11.9 Å². The third-order valence-electron chi connectivity index (χ3n) is 4.82. The summed E-state index contributed by atoms with van der Waals surface area (Å²) < 4.78 is 5.51. The van der Waals surface area contributed by atoms with Crippen molar-refractivity contribution >= 4 is 23.4 Å². The van der Waals surface area contributed by atoms with Gasteiger partial charge in [0, 0.05) is 16.5 Å². The normalized spacial score (nSPS) is 12.4. The predicted octanol–water partition coefficient (Wildman–Crippen LogP) is 5.19. The zero-order chi connectivity index (χ0) is 18.8. The van der Waals surface area contributed by atoms with Gasteiger partial charge in [-0.2, -0.15) is 0 Å². The minimum atomic E-state index is -0.575. The molecule has 1 aliphatic carbocycles. The Hall–Kier alpha value is -2.82. The second-order valence-electron chi connectivity index (χ2n) is 6.41. The van der Waals surface area contributed by atoms with Gasteiger partial charge in [-0.15, -0.1) is 0 Å². The van der Waals surface area contributed by atoms with Crippen LogP contribution in [0, 0.1) is 0 Å². The van der Waals surface area contributed by atoms with Gasteiger partial charge in [-0.05, 0) is 34.4 Å². The van der Waals surface area contributed by atoms with Crippen molar-refractivity contribution < 1.29 is 14.6 Å². The number of nitrogens with one attached hydrogen (secondary N) is 1. The molecule has 27 heavy (non-hydrogen) atoms. The highest BCUT2D eigenvalue weighted by atomic mass is 35.5. The molecular weight excluding hydrogens is 362 g/mol. The Morgan fingerprint density at radius 1 is 1.00 bits per heavy atom. The molecule has 4 rings (SSSR count). The summed E-state index contributed by atoms with van der Waals surface area (Å²) in [5, 5.41) is 12.5. The molecule has 0 bridgehead atoms. The quantitative estimate of drug-likeness (QED) is 0.655. The molecule has 0 unspecified atom stereocenters. The molecule has 4 nitrogen and oxygen atoms in total. The Morgan fingerprint density at radius 2 is 1.63 bits per heavy atom. The summed E-state index contributed by atoms with van der Waals surface area (Å²) in [7, 11) is 0. The highest BCUT2D eigenvalue weighted by Gasteiger charge is 2.29. The van der Waals surface area contributed by atoms with Crippen LogP contribution in [0.25, 0.3) is 11.1 Å². The Bertz CT molecular complexity index is 957. The maximum Gasteiger partial charge on any atom is 0.411 e. The smallest absolute Gasteiger partial charge is 0.411 e. The van der Waals surface area contributed by atoms with E-state index in [9.17, 15) is 9.90 Å². The molecule has 0 atom stereocenters. The molecule has 136 valence electrons. The van der Waals surface area contributed by atoms with Crippen LogP contribution in [0.4, 0.5) is 10.5 Å². The highest BCUT2D eigenvalue weighted by molar-refractivity contribution is 6.31. The van der Waals surface area contributed by atoms with Gasteiger partial charge in [0.1, 0.15) is 6.61 Å². The number of hydrogen-bond acceptors (Lipinski definition) is 3. The van der Waals surface area contributed by atoms with Crippen LogP contribution < -0.4 is 5.32 Å². The van der Waals surface area contributed by atoms with Crippen molar-refractivity contribution in [2.45, 2.75) is 12.5 Å². The molecule has 3 aromatic rings. The lowest BCUT2D eigenvalue weighted by molar-refractivity contribution is 0.158. The third kappa shape index (κ3) is 3.42. The molecule has 3 aromatic carbocycles. The minimum absolute atomic E-state index is 0.000163. The maximum atomic E-state index is 12.3. The summed E-state index contributed by atoms with van der Waals surface area (Å²) in [5.74, 6) is -0.000163. The molecule has 5 heteroatoms. The van der Waals surface area contributed by atoms with E-state index < -0.39 is 6.09 Å². The predicted molar refractivity (Wildman–Crippen MR) is 106 cm³/mol. The van der Waals surface area contributed by atoms with Gasteiger partial charge in [-0.25, -0.2) is 4.79 Å².